The summed E-state index contributed by atoms with van der Waals surface area (Å²) in [7, 11) is 0. The van der Waals surface area contributed by atoms with Gasteiger partial charge in [0.15, 0.2) is 0 Å². The second-order valence-electron chi connectivity index (χ2n) is 4.05. The minimum Gasteiger partial charge on any atom is -0.377 e. The van der Waals surface area contributed by atoms with Crippen molar-refractivity contribution in [1.29, 1.82) is 0 Å². The molecule has 1 aliphatic rings. The van der Waals surface area contributed by atoms with Crippen LogP contribution in [0.15, 0.2) is 24.3 Å². The summed E-state index contributed by atoms with van der Waals surface area (Å²) in [5.41, 5.74) is -0.0459. The fourth-order valence-electron chi connectivity index (χ4n) is 1.92. The van der Waals surface area contributed by atoms with Gasteiger partial charge >= 0.3 is 6.18 Å². The van der Waals surface area contributed by atoms with E-state index in [-0.39, 0.29) is 6.04 Å². The molecule has 1 atom stereocenters. The van der Waals surface area contributed by atoms with Crippen LogP contribution in [0.3, 0.4) is 0 Å². The Bertz CT molecular complexity index is 416. The maximum atomic E-state index is 12.4. The van der Waals surface area contributed by atoms with Crippen LogP contribution in [-0.2, 0) is 15.7 Å². The molecule has 0 spiro atoms. The molecule has 0 bridgehead atoms. The topological polar surface area (TPSA) is 29.5 Å². The van der Waals surface area contributed by atoms with Gasteiger partial charge < -0.3 is 9.64 Å². The van der Waals surface area contributed by atoms with E-state index in [1.807, 2.05) is 0 Å². The molecule has 1 aromatic rings. The lowest BCUT2D eigenvalue weighted by atomic mass is 10.0. The lowest BCUT2D eigenvalue weighted by Crippen LogP contribution is -2.38. The van der Waals surface area contributed by atoms with E-state index in [0.717, 1.165) is 12.1 Å². The minimum absolute atomic E-state index is 0.307. The highest BCUT2D eigenvalue weighted by Crippen LogP contribution is 2.31. The number of rotatable bonds is 2. The normalized spacial score (nSPS) is 20.8. The molecule has 0 saturated carbocycles. The monoisotopic (exact) mass is 259 g/mol. The van der Waals surface area contributed by atoms with Crippen molar-refractivity contribution in [2.75, 3.05) is 19.8 Å². The Kier molecular flexibility index (Phi) is 3.56. The van der Waals surface area contributed by atoms with E-state index >= 15 is 0 Å². The molecule has 1 fully saturated rings. The molecule has 1 amide bonds. The molecular weight excluding hydrogens is 247 g/mol. The Morgan fingerprint density at radius 1 is 1.28 bits per heavy atom. The van der Waals surface area contributed by atoms with Crippen LogP contribution in [0, 0.1) is 0 Å². The summed E-state index contributed by atoms with van der Waals surface area (Å²) in [5, 5.41) is 0. The molecule has 98 valence electrons. The van der Waals surface area contributed by atoms with E-state index in [0.29, 0.717) is 31.7 Å². The Balaban J connectivity index is 2.20. The zero-order chi connectivity index (χ0) is 13.2. The molecule has 0 unspecified atom stereocenters. The van der Waals surface area contributed by atoms with Gasteiger partial charge in [-0.1, -0.05) is 12.1 Å². The quantitative estimate of drug-likeness (QED) is 0.762. The zero-order valence-corrected chi connectivity index (χ0v) is 9.48. The highest BCUT2D eigenvalue weighted by Gasteiger charge is 2.31. The van der Waals surface area contributed by atoms with Crippen molar-refractivity contribution in [3.05, 3.63) is 35.4 Å². The number of benzene rings is 1. The van der Waals surface area contributed by atoms with Gasteiger partial charge in [-0.05, 0) is 17.7 Å². The van der Waals surface area contributed by atoms with E-state index < -0.39 is 11.7 Å². The third kappa shape index (κ3) is 2.64. The summed E-state index contributed by atoms with van der Waals surface area (Å²) in [5.74, 6) is 0. The molecule has 6 heteroatoms. The average molecular weight is 259 g/mol. The zero-order valence-electron chi connectivity index (χ0n) is 9.48. The van der Waals surface area contributed by atoms with Crippen molar-refractivity contribution in [2.24, 2.45) is 0 Å². The molecule has 1 heterocycles. The summed E-state index contributed by atoms with van der Waals surface area (Å²) >= 11 is 0. The molecule has 0 aromatic heterocycles. The molecular formula is C12H12F3NO2. The lowest BCUT2D eigenvalue weighted by molar-refractivity contribution is -0.137. The SMILES string of the molecule is O=CN1CCOC[C@H]1c1ccc(C(F)(F)F)cc1. The van der Waals surface area contributed by atoms with Crippen LogP contribution < -0.4 is 0 Å². The minimum atomic E-state index is -4.34. The maximum Gasteiger partial charge on any atom is 0.416 e. The molecule has 1 aromatic carbocycles. The van der Waals surface area contributed by atoms with Gasteiger partial charge in [0.1, 0.15) is 0 Å². The third-order valence-corrected chi connectivity index (χ3v) is 2.93. The van der Waals surface area contributed by atoms with Gasteiger partial charge in [0.25, 0.3) is 0 Å². The van der Waals surface area contributed by atoms with Gasteiger partial charge in [-0.3, -0.25) is 4.79 Å². The molecule has 0 aliphatic carbocycles. The van der Waals surface area contributed by atoms with Crippen LogP contribution in [0.5, 0.6) is 0 Å². The molecule has 2 rings (SSSR count). The number of ether oxygens (including phenoxy) is 1. The Morgan fingerprint density at radius 3 is 2.50 bits per heavy atom. The van der Waals surface area contributed by atoms with Crippen LogP contribution in [0.25, 0.3) is 0 Å². The Labute approximate surface area is 102 Å². The van der Waals surface area contributed by atoms with Crippen LogP contribution in [0.4, 0.5) is 13.2 Å². The number of amides is 1. The smallest absolute Gasteiger partial charge is 0.377 e. The van der Waals surface area contributed by atoms with Crippen LogP contribution in [0.1, 0.15) is 17.2 Å². The first kappa shape index (κ1) is 12.9. The van der Waals surface area contributed by atoms with Gasteiger partial charge in [-0.15, -0.1) is 0 Å². The number of morpholine rings is 1. The summed E-state index contributed by atoms with van der Waals surface area (Å²) in [6.45, 7) is 1.22. The fraction of sp³-hybridized carbons (Fsp3) is 0.417. The van der Waals surface area contributed by atoms with Crippen molar-refractivity contribution in [3.63, 3.8) is 0 Å². The summed E-state index contributed by atoms with van der Waals surface area (Å²) in [6, 6.07) is 4.51. The summed E-state index contributed by atoms with van der Waals surface area (Å²) < 4.78 is 42.5. The van der Waals surface area contributed by atoms with Crippen LogP contribution >= 0.6 is 0 Å². The number of nitrogens with zero attached hydrogens (tertiary/aromatic N) is 1. The van der Waals surface area contributed by atoms with E-state index in [2.05, 4.69) is 0 Å². The average Bonchev–Trinajstić information content (AvgIpc) is 2.38. The number of hydrogen-bond donors (Lipinski definition) is 0. The molecule has 1 aliphatic heterocycles. The number of carbonyl (C=O) groups excluding carboxylic acids is 1. The van der Waals surface area contributed by atoms with Crippen molar-refractivity contribution in [1.82, 2.24) is 4.90 Å². The van der Waals surface area contributed by atoms with Crippen molar-refractivity contribution >= 4 is 6.41 Å². The summed E-state index contributed by atoms with van der Waals surface area (Å²) in [6.07, 6.45) is -3.64. The fourth-order valence-corrected chi connectivity index (χ4v) is 1.92. The Morgan fingerprint density at radius 2 is 1.94 bits per heavy atom. The first-order valence-electron chi connectivity index (χ1n) is 5.48. The second-order valence-corrected chi connectivity index (χ2v) is 4.05. The Hall–Kier alpha value is -1.56. The second kappa shape index (κ2) is 4.97. The van der Waals surface area contributed by atoms with E-state index in [1.54, 1.807) is 0 Å². The lowest BCUT2D eigenvalue weighted by Gasteiger charge is -2.33. The predicted octanol–water partition coefficient (Wildman–Crippen LogP) is 2.24. The number of halogens is 3. The number of hydrogen-bond acceptors (Lipinski definition) is 2. The molecule has 0 radical (unpaired) electrons. The first-order chi connectivity index (χ1) is 8.52. The molecule has 1 saturated heterocycles. The molecule has 18 heavy (non-hydrogen) atoms. The van der Waals surface area contributed by atoms with Crippen LogP contribution in [-0.4, -0.2) is 31.1 Å². The van der Waals surface area contributed by atoms with Gasteiger partial charge in [0.2, 0.25) is 6.41 Å². The highest BCUT2D eigenvalue weighted by molar-refractivity contribution is 5.49. The van der Waals surface area contributed by atoms with Crippen LogP contribution in [0.2, 0.25) is 0 Å². The number of carbonyl (C=O) groups is 1. The van der Waals surface area contributed by atoms with Gasteiger partial charge in [0, 0.05) is 6.54 Å². The van der Waals surface area contributed by atoms with E-state index in [1.165, 1.54) is 17.0 Å². The molecule has 0 N–H and O–H groups in total. The third-order valence-electron chi connectivity index (χ3n) is 2.93. The predicted molar refractivity (Wildman–Crippen MR) is 57.8 cm³/mol. The van der Waals surface area contributed by atoms with Gasteiger partial charge in [-0.25, -0.2) is 0 Å². The van der Waals surface area contributed by atoms with E-state index in [4.69, 9.17) is 4.74 Å². The van der Waals surface area contributed by atoms with Gasteiger partial charge in [0.05, 0.1) is 24.8 Å². The maximum absolute atomic E-state index is 12.4. The summed E-state index contributed by atoms with van der Waals surface area (Å²) in [4.78, 5) is 12.4. The van der Waals surface area contributed by atoms with Crippen molar-refractivity contribution in [2.45, 2.75) is 12.2 Å². The highest BCUT2D eigenvalue weighted by atomic mass is 19.4. The van der Waals surface area contributed by atoms with E-state index in [9.17, 15) is 18.0 Å². The number of alkyl halides is 3. The largest absolute Gasteiger partial charge is 0.416 e. The molecule has 3 nitrogen and oxygen atoms in total. The standard InChI is InChI=1S/C12H12F3NO2/c13-12(14,15)10-3-1-9(2-4-10)11-7-18-6-5-16(11)8-17/h1-4,8,11H,5-7H2/t11-/m0/s1. The van der Waals surface area contributed by atoms with Crippen molar-refractivity contribution in [3.8, 4) is 0 Å². The first-order valence-corrected chi connectivity index (χ1v) is 5.48. The van der Waals surface area contributed by atoms with Crippen molar-refractivity contribution < 1.29 is 22.7 Å². The van der Waals surface area contributed by atoms with Gasteiger partial charge in [-0.2, -0.15) is 13.2 Å².